The fraction of sp³-hybridized carbons (Fsp3) is 0.667. The van der Waals surface area contributed by atoms with Crippen molar-refractivity contribution in [3.63, 3.8) is 0 Å². The van der Waals surface area contributed by atoms with E-state index in [0.29, 0.717) is 6.42 Å². The first-order chi connectivity index (χ1) is 8.50. The first-order valence-corrected chi connectivity index (χ1v) is 6.93. The lowest BCUT2D eigenvalue weighted by Crippen LogP contribution is -2.32. The maximum atomic E-state index is 9.02. The molecule has 0 saturated heterocycles. The lowest BCUT2D eigenvalue weighted by Gasteiger charge is -2.26. The molecule has 0 fully saturated rings. The second kappa shape index (κ2) is 6.89. The highest BCUT2D eigenvalue weighted by molar-refractivity contribution is 9.10. The van der Waals surface area contributed by atoms with Gasteiger partial charge in [0.2, 0.25) is 0 Å². The van der Waals surface area contributed by atoms with Crippen molar-refractivity contribution in [1.29, 1.82) is 0 Å². The van der Waals surface area contributed by atoms with Crippen LogP contribution in [0.25, 0.3) is 0 Å². The molecule has 1 rings (SSSR count). The quantitative estimate of drug-likeness (QED) is 0.721. The number of aromatic nitrogens is 2. The van der Waals surface area contributed by atoms with Gasteiger partial charge in [-0.05, 0) is 42.6 Å². The van der Waals surface area contributed by atoms with Crippen LogP contribution in [0, 0.1) is 0 Å². The topological polar surface area (TPSA) is 70.1 Å². The van der Waals surface area contributed by atoms with Crippen molar-refractivity contribution >= 4 is 27.6 Å². The molecule has 0 spiro atoms. The van der Waals surface area contributed by atoms with Gasteiger partial charge in [-0.1, -0.05) is 6.92 Å². The van der Waals surface area contributed by atoms with Crippen LogP contribution in [0.3, 0.4) is 0 Å². The zero-order valence-electron chi connectivity index (χ0n) is 11.1. The highest BCUT2D eigenvalue weighted by Gasteiger charge is 2.19. The Bertz CT molecular complexity index is 384. The van der Waals surface area contributed by atoms with Crippen LogP contribution in [0.4, 0.5) is 11.6 Å². The zero-order valence-corrected chi connectivity index (χ0v) is 12.7. The highest BCUT2D eigenvalue weighted by atomic mass is 79.9. The SMILES string of the molecule is CCCNc1ncnc(NC(C)(C)CCO)c1Br. The van der Waals surface area contributed by atoms with E-state index >= 15 is 0 Å². The summed E-state index contributed by atoms with van der Waals surface area (Å²) in [6, 6.07) is 0. The Balaban J connectivity index is 2.83. The maximum Gasteiger partial charge on any atom is 0.146 e. The number of nitrogens with one attached hydrogen (secondary N) is 2. The van der Waals surface area contributed by atoms with Crippen molar-refractivity contribution < 1.29 is 5.11 Å². The molecular formula is C12H21BrN4O. The van der Waals surface area contributed by atoms with E-state index in [-0.39, 0.29) is 12.1 Å². The largest absolute Gasteiger partial charge is 0.396 e. The van der Waals surface area contributed by atoms with Crippen LogP contribution in [-0.2, 0) is 0 Å². The van der Waals surface area contributed by atoms with Gasteiger partial charge in [0.25, 0.3) is 0 Å². The molecule has 0 amide bonds. The molecule has 0 aliphatic rings. The van der Waals surface area contributed by atoms with Crippen molar-refractivity contribution in [1.82, 2.24) is 9.97 Å². The molecule has 5 nitrogen and oxygen atoms in total. The second-order valence-corrected chi connectivity index (χ2v) is 5.59. The fourth-order valence-corrected chi connectivity index (χ4v) is 1.93. The van der Waals surface area contributed by atoms with E-state index in [1.54, 1.807) is 0 Å². The van der Waals surface area contributed by atoms with E-state index in [1.807, 2.05) is 13.8 Å². The van der Waals surface area contributed by atoms with Gasteiger partial charge in [0.05, 0.1) is 0 Å². The van der Waals surface area contributed by atoms with Gasteiger partial charge in [0.15, 0.2) is 0 Å². The first-order valence-electron chi connectivity index (χ1n) is 6.13. The Labute approximate surface area is 117 Å². The summed E-state index contributed by atoms with van der Waals surface area (Å²) in [4.78, 5) is 8.42. The summed E-state index contributed by atoms with van der Waals surface area (Å²) in [5.41, 5.74) is -0.215. The molecular weight excluding hydrogens is 296 g/mol. The monoisotopic (exact) mass is 316 g/mol. The van der Waals surface area contributed by atoms with E-state index in [0.717, 1.165) is 29.1 Å². The molecule has 0 saturated carbocycles. The van der Waals surface area contributed by atoms with Crippen molar-refractivity contribution in [2.24, 2.45) is 0 Å². The molecule has 3 N–H and O–H groups in total. The van der Waals surface area contributed by atoms with E-state index < -0.39 is 0 Å². The van der Waals surface area contributed by atoms with Crippen molar-refractivity contribution in [2.45, 2.75) is 39.2 Å². The molecule has 0 atom stereocenters. The predicted octanol–water partition coefficient (Wildman–Crippen LogP) is 2.63. The van der Waals surface area contributed by atoms with Gasteiger partial charge in [-0.15, -0.1) is 0 Å². The summed E-state index contributed by atoms with van der Waals surface area (Å²) < 4.78 is 0.824. The molecule has 6 heteroatoms. The number of hydrogen-bond donors (Lipinski definition) is 3. The van der Waals surface area contributed by atoms with E-state index in [4.69, 9.17) is 5.11 Å². The van der Waals surface area contributed by atoms with Crippen LogP contribution < -0.4 is 10.6 Å². The Morgan fingerprint density at radius 1 is 1.33 bits per heavy atom. The first kappa shape index (κ1) is 15.2. The Hall–Kier alpha value is -0.880. The van der Waals surface area contributed by atoms with Crippen LogP contribution in [0.15, 0.2) is 10.8 Å². The second-order valence-electron chi connectivity index (χ2n) is 4.79. The zero-order chi connectivity index (χ0) is 13.6. The molecule has 0 unspecified atom stereocenters. The van der Waals surface area contributed by atoms with Crippen LogP contribution in [0.1, 0.15) is 33.6 Å². The third-order valence-corrected chi connectivity index (χ3v) is 3.28. The van der Waals surface area contributed by atoms with E-state index in [9.17, 15) is 0 Å². The lowest BCUT2D eigenvalue weighted by atomic mass is 10.0. The van der Waals surface area contributed by atoms with Crippen LogP contribution >= 0.6 is 15.9 Å². The van der Waals surface area contributed by atoms with Gasteiger partial charge in [-0.2, -0.15) is 0 Å². The highest BCUT2D eigenvalue weighted by Crippen LogP contribution is 2.29. The van der Waals surface area contributed by atoms with Crippen molar-refractivity contribution in [3.05, 3.63) is 10.8 Å². The molecule has 0 aromatic carbocycles. The molecule has 1 heterocycles. The van der Waals surface area contributed by atoms with E-state index in [1.165, 1.54) is 6.33 Å². The van der Waals surface area contributed by atoms with Gasteiger partial charge in [-0.3, -0.25) is 0 Å². The van der Waals surface area contributed by atoms with Gasteiger partial charge in [-0.25, -0.2) is 9.97 Å². The summed E-state index contributed by atoms with van der Waals surface area (Å²) in [5, 5.41) is 15.6. The minimum atomic E-state index is -0.215. The van der Waals surface area contributed by atoms with Gasteiger partial charge in [0.1, 0.15) is 22.4 Å². The number of aliphatic hydroxyl groups excluding tert-OH is 1. The Morgan fingerprint density at radius 3 is 2.61 bits per heavy atom. The van der Waals surface area contributed by atoms with Crippen LogP contribution in [0.5, 0.6) is 0 Å². The summed E-state index contributed by atoms with van der Waals surface area (Å²) in [5.74, 6) is 1.52. The number of halogens is 1. The number of aliphatic hydroxyl groups is 1. The molecule has 1 aromatic rings. The Kier molecular flexibility index (Phi) is 5.81. The van der Waals surface area contributed by atoms with Crippen LogP contribution in [0.2, 0.25) is 0 Å². The number of nitrogens with zero attached hydrogens (tertiary/aromatic N) is 2. The fourth-order valence-electron chi connectivity index (χ4n) is 1.49. The normalized spacial score (nSPS) is 11.4. The minimum absolute atomic E-state index is 0.143. The van der Waals surface area contributed by atoms with Crippen LogP contribution in [-0.4, -0.2) is 33.8 Å². The molecule has 0 aliphatic carbocycles. The molecule has 102 valence electrons. The molecule has 18 heavy (non-hydrogen) atoms. The average molecular weight is 317 g/mol. The molecule has 0 aliphatic heterocycles. The van der Waals surface area contributed by atoms with E-state index in [2.05, 4.69) is 43.5 Å². The van der Waals surface area contributed by atoms with Crippen molar-refractivity contribution in [3.8, 4) is 0 Å². The summed E-state index contributed by atoms with van der Waals surface area (Å²) >= 11 is 3.50. The summed E-state index contributed by atoms with van der Waals surface area (Å²) in [6.07, 6.45) is 3.22. The maximum absolute atomic E-state index is 9.02. The summed E-state index contributed by atoms with van der Waals surface area (Å²) in [7, 11) is 0. The van der Waals surface area contributed by atoms with Gasteiger partial charge in [0, 0.05) is 18.7 Å². The number of rotatable bonds is 7. The third-order valence-electron chi connectivity index (χ3n) is 2.53. The molecule has 0 bridgehead atoms. The lowest BCUT2D eigenvalue weighted by molar-refractivity contribution is 0.260. The third kappa shape index (κ3) is 4.42. The smallest absolute Gasteiger partial charge is 0.146 e. The molecule has 1 aromatic heterocycles. The number of hydrogen-bond acceptors (Lipinski definition) is 5. The predicted molar refractivity (Wildman–Crippen MR) is 77.9 cm³/mol. The van der Waals surface area contributed by atoms with Gasteiger partial charge < -0.3 is 15.7 Å². The van der Waals surface area contributed by atoms with Gasteiger partial charge >= 0.3 is 0 Å². The minimum Gasteiger partial charge on any atom is -0.396 e. The average Bonchev–Trinajstić information content (AvgIpc) is 2.30. The molecule has 0 radical (unpaired) electrons. The number of anilines is 2. The van der Waals surface area contributed by atoms with Crippen molar-refractivity contribution in [2.75, 3.05) is 23.8 Å². The Morgan fingerprint density at radius 2 is 2.00 bits per heavy atom. The summed E-state index contributed by atoms with van der Waals surface area (Å²) in [6.45, 7) is 7.16. The standard InChI is InChI=1S/C12H21BrN4O/c1-4-6-14-10-9(13)11(16-8-15-10)17-12(2,3)5-7-18/h8,18H,4-7H2,1-3H3,(H2,14,15,16,17).